The van der Waals surface area contributed by atoms with Gasteiger partial charge in [0.25, 0.3) is 0 Å². The van der Waals surface area contributed by atoms with Crippen LogP contribution in [0.4, 0.5) is 15.8 Å². The zero-order valence-corrected chi connectivity index (χ0v) is 10.7. The van der Waals surface area contributed by atoms with Gasteiger partial charge in [0.2, 0.25) is 5.82 Å². The van der Waals surface area contributed by atoms with Gasteiger partial charge >= 0.3 is 5.69 Å². The summed E-state index contributed by atoms with van der Waals surface area (Å²) >= 11 is 1.51. The maximum atomic E-state index is 13.4. The molecule has 0 spiro atoms. The number of thioether (sulfide) groups is 1. The number of anilines is 1. The highest BCUT2D eigenvalue weighted by Gasteiger charge is 2.13. The normalized spacial score (nSPS) is 10.4. The minimum Gasteiger partial charge on any atom is -0.399 e. The molecule has 98 valence electrons. The van der Waals surface area contributed by atoms with E-state index < -0.39 is 16.4 Å². The number of nitrogen functional groups attached to an aromatic ring is 1. The second kappa shape index (κ2) is 5.71. The summed E-state index contributed by atoms with van der Waals surface area (Å²) in [6, 6.07) is 11.3. The van der Waals surface area contributed by atoms with E-state index in [0.29, 0.717) is 17.0 Å². The van der Waals surface area contributed by atoms with Crippen LogP contribution >= 0.6 is 11.8 Å². The second-order valence-electron chi connectivity index (χ2n) is 3.90. The zero-order chi connectivity index (χ0) is 13.8. The van der Waals surface area contributed by atoms with E-state index >= 15 is 0 Å². The van der Waals surface area contributed by atoms with E-state index in [4.69, 9.17) is 5.73 Å². The minimum absolute atomic E-state index is 0.499. The highest BCUT2D eigenvalue weighted by Crippen LogP contribution is 2.26. The summed E-state index contributed by atoms with van der Waals surface area (Å²) in [5.74, 6) is -0.265. The van der Waals surface area contributed by atoms with Crippen LogP contribution in [0.3, 0.4) is 0 Å². The predicted octanol–water partition coefficient (Wildman–Crippen LogP) is 3.61. The molecule has 2 aromatic rings. The predicted molar refractivity (Wildman–Crippen MR) is 73.5 cm³/mol. The van der Waals surface area contributed by atoms with Crippen molar-refractivity contribution in [3.05, 3.63) is 64.0 Å². The summed E-state index contributed by atoms with van der Waals surface area (Å²) in [7, 11) is 0. The van der Waals surface area contributed by atoms with Crippen molar-refractivity contribution in [2.75, 3.05) is 5.73 Å². The van der Waals surface area contributed by atoms with Crippen molar-refractivity contribution in [2.24, 2.45) is 0 Å². The lowest BCUT2D eigenvalue weighted by atomic mass is 10.2. The number of hydrogen-bond acceptors (Lipinski definition) is 4. The molecule has 4 nitrogen and oxygen atoms in total. The summed E-state index contributed by atoms with van der Waals surface area (Å²) in [6.07, 6.45) is 0. The van der Waals surface area contributed by atoms with Crippen LogP contribution < -0.4 is 5.73 Å². The van der Waals surface area contributed by atoms with Crippen molar-refractivity contribution in [3.8, 4) is 0 Å². The van der Waals surface area contributed by atoms with Gasteiger partial charge in [-0.1, -0.05) is 6.07 Å². The Labute approximate surface area is 113 Å². The van der Waals surface area contributed by atoms with Gasteiger partial charge in [0.05, 0.1) is 4.92 Å². The molecule has 0 amide bonds. The van der Waals surface area contributed by atoms with E-state index in [2.05, 4.69) is 0 Å². The van der Waals surface area contributed by atoms with Gasteiger partial charge in [0.1, 0.15) is 0 Å². The first kappa shape index (κ1) is 13.4. The fourth-order valence-corrected chi connectivity index (χ4v) is 2.36. The molecule has 19 heavy (non-hydrogen) atoms. The number of nitro benzene ring substituents is 1. The quantitative estimate of drug-likeness (QED) is 0.401. The Bertz CT molecular complexity index is 602. The molecule has 0 unspecified atom stereocenters. The molecule has 6 heteroatoms. The fraction of sp³-hybridized carbons (Fsp3) is 0.0769. The molecule has 2 N–H and O–H groups in total. The number of halogens is 1. The maximum Gasteiger partial charge on any atom is 0.304 e. The van der Waals surface area contributed by atoms with Gasteiger partial charge in [-0.2, -0.15) is 4.39 Å². The van der Waals surface area contributed by atoms with E-state index in [9.17, 15) is 14.5 Å². The maximum absolute atomic E-state index is 13.4. The van der Waals surface area contributed by atoms with Gasteiger partial charge in [-0.15, -0.1) is 11.8 Å². The highest BCUT2D eigenvalue weighted by molar-refractivity contribution is 7.98. The summed E-state index contributed by atoms with van der Waals surface area (Å²) in [5, 5.41) is 10.5. The van der Waals surface area contributed by atoms with E-state index in [1.165, 1.54) is 23.9 Å². The first-order valence-corrected chi connectivity index (χ1v) is 6.46. The Hall–Kier alpha value is -2.08. The smallest absolute Gasteiger partial charge is 0.304 e. The molecule has 0 aromatic heterocycles. The lowest BCUT2D eigenvalue weighted by Crippen LogP contribution is -1.93. The van der Waals surface area contributed by atoms with E-state index in [-0.39, 0.29) is 0 Å². The van der Waals surface area contributed by atoms with Gasteiger partial charge in [0, 0.05) is 22.4 Å². The van der Waals surface area contributed by atoms with Crippen LogP contribution in [0.5, 0.6) is 0 Å². The second-order valence-corrected chi connectivity index (χ2v) is 4.95. The molecule has 0 bridgehead atoms. The van der Waals surface area contributed by atoms with Crippen molar-refractivity contribution >= 4 is 23.1 Å². The van der Waals surface area contributed by atoms with Crippen molar-refractivity contribution in [1.82, 2.24) is 0 Å². The molecule has 0 heterocycles. The Morgan fingerprint density at radius 1 is 1.21 bits per heavy atom. The third-order valence-corrected chi connectivity index (χ3v) is 3.58. The molecule has 0 radical (unpaired) electrons. The van der Waals surface area contributed by atoms with Gasteiger partial charge in [0.15, 0.2) is 0 Å². The number of nitrogens with two attached hydrogens (primary N) is 1. The Morgan fingerprint density at radius 3 is 2.47 bits per heavy atom. The average Bonchev–Trinajstić information content (AvgIpc) is 2.37. The first-order chi connectivity index (χ1) is 9.06. The number of rotatable bonds is 4. The Morgan fingerprint density at radius 2 is 1.89 bits per heavy atom. The number of nitrogens with zero attached hydrogens (tertiary/aromatic N) is 1. The number of nitro groups is 1. The molecule has 0 saturated carbocycles. The molecule has 0 fully saturated rings. The van der Waals surface area contributed by atoms with Crippen molar-refractivity contribution in [2.45, 2.75) is 10.6 Å². The van der Waals surface area contributed by atoms with E-state index in [0.717, 1.165) is 4.90 Å². The standard InChI is InChI=1S/C13H11FN2O2S/c14-12-7-9(1-6-13(12)16(17)18)8-19-11-4-2-10(15)3-5-11/h1-7H,8,15H2. The van der Waals surface area contributed by atoms with Gasteiger partial charge in [-0.05, 0) is 35.9 Å². The molecule has 0 atom stereocenters. The van der Waals surface area contributed by atoms with Crippen LogP contribution in [0.2, 0.25) is 0 Å². The molecule has 2 rings (SSSR count). The van der Waals surface area contributed by atoms with E-state index in [1.54, 1.807) is 18.2 Å². The van der Waals surface area contributed by atoms with Crippen LogP contribution in [0, 0.1) is 15.9 Å². The summed E-state index contributed by atoms with van der Waals surface area (Å²) in [4.78, 5) is 10.8. The number of hydrogen-bond donors (Lipinski definition) is 1. The third kappa shape index (κ3) is 3.45. The average molecular weight is 278 g/mol. The fourth-order valence-electron chi connectivity index (χ4n) is 1.52. The molecule has 0 aliphatic carbocycles. The molecule has 0 aliphatic rings. The third-order valence-electron chi connectivity index (χ3n) is 2.49. The van der Waals surface area contributed by atoms with Crippen molar-refractivity contribution in [1.29, 1.82) is 0 Å². The van der Waals surface area contributed by atoms with Crippen LogP contribution in [0.1, 0.15) is 5.56 Å². The van der Waals surface area contributed by atoms with Gasteiger partial charge in [-0.25, -0.2) is 0 Å². The molecular formula is C13H11FN2O2S. The SMILES string of the molecule is Nc1ccc(SCc2ccc([N+](=O)[O-])c(F)c2)cc1. The summed E-state index contributed by atoms with van der Waals surface area (Å²) < 4.78 is 13.4. The van der Waals surface area contributed by atoms with Gasteiger partial charge < -0.3 is 5.73 Å². The minimum atomic E-state index is -0.805. The van der Waals surface area contributed by atoms with Crippen LogP contribution in [-0.2, 0) is 5.75 Å². The van der Waals surface area contributed by atoms with E-state index in [1.807, 2.05) is 12.1 Å². The van der Waals surface area contributed by atoms with Crippen molar-refractivity contribution < 1.29 is 9.31 Å². The molecular weight excluding hydrogens is 267 g/mol. The van der Waals surface area contributed by atoms with Crippen LogP contribution in [0.15, 0.2) is 47.4 Å². The molecule has 2 aromatic carbocycles. The molecule has 0 aliphatic heterocycles. The summed E-state index contributed by atoms with van der Waals surface area (Å²) in [5.41, 5.74) is 6.46. The monoisotopic (exact) mass is 278 g/mol. The van der Waals surface area contributed by atoms with Crippen LogP contribution in [-0.4, -0.2) is 4.92 Å². The first-order valence-electron chi connectivity index (χ1n) is 5.47. The largest absolute Gasteiger partial charge is 0.399 e. The van der Waals surface area contributed by atoms with Crippen molar-refractivity contribution in [3.63, 3.8) is 0 Å². The van der Waals surface area contributed by atoms with Gasteiger partial charge in [-0.3, -0.25) is 10.1 Å². The Kier molecular flexibility index (Phi) is 4.01. The lowest BCUT2D eigenvalue weighted by molar-refractivity contribution is -0.387. The number of benzene rings is 2. The Balaban J connectivity index is 2.06. The summed E-state index contributed by atoms with van der Waals surface area (Å²) in [6.45, 7) is 0. The topological polar surface area (TPSA) is 69.2 Å². The molecule has 0 saturated heterocycles. The zero-order valence-electron chi connectivity index (χ0n) is 9.88. The highest BCUT2D eigenvalue weighted by atomic mass is 32.2. The van der Waals surface area contributed by atoms with Crippen LogP contribution in [0.25, 0.3) is 0 Å². The lowest BCUT2D eigenvalue weighted by Gasteiger charge is -2.03.